The van der Waals surface area contributed by atoms with Crippen molar-refractivity contribution in [2.24, 2.45) is 5.92 Å². The summed E-state index contributed by atoms with van der Waals surface area (Å²) >= 11 is 0. The molecule has 1 atom stereocenters. The highest BCUT2D eigenvalue weighted by molar-refractivity contribution is 5.79. The van der Waals surface area contributed by atoms with Crippen LogP contribution in [0.1, 0.15) is 35.4 Å². The minimum atomic E-state index is 0.00335. The van der Waals surface area contributed by atoms with E-state index in [4.69, 9.17) is 9.72 Å². The number of rotatable bonds is 8. The highest BCUT2D eigenvalue weighted by atomic mass is 16.5. The third-order valence-electron chi connectivity index (χ3n) is 7.06. The first-order chi connectivity index (χ1) is 17.6. The number of ether oxygens (including phenoxy) is 1. The molecule has 36 heavy (non-hydrogen) atoms. The Balaban J connectivity index is 1.28. The van der Waals surface area contributed by atoms with Crippen LogP contribution in [0.3, 0.4) is 0 Å². The van der Waals surface area contributed by atoms with Gasteiger partial charge in [0.15, 0.2) is 0 Å². The standard InChI is InChI=1S/C30H34N4O2/c1-22-9-11-23(12-10-22)18-31-30(35)25-6-5-17-33(20-25)21-29-32-27-7-3-4-8-28(27)34(29)19-24-13-15-26(36-2)16-14-24/h3-4,7-16,25H,5-6,17-21H2,1-2H3,(H,31,35)/t25-/m0/s1. The van der Waals surface area contributed by atoms with Gasteiger partial charge in [0.25, 0.3) is 0 Å². The van der Waals surface area contributed by atoms with Crippen molar-refractivity contribution in [2.45, 2.75) is 39.4 Å². The molecule has 0 spiro atoms. The molecular formula is C30H34N4O2. The van der Waals surface area contributed by atoms with Crippen LogP contribution in [-0.2, 0) is 24.4 Å². The van der Waals surface area contributed by atoms with Crippen molar-refractivity contribution in [1.82, 2.24) is 19.8 Å². The normalized spacial score (nSPS) is 16.2. The maximum atomic E-state index is 13.0. The van der Waals surface area contributed by atoms with Crippen molar-refractivity contribution in [3.8, 4) is 5.75 Å². The number of carbonyl (C=O) groups excluding carboxylic acids is 1. The molecule has 1 aromatic heterocycles. The Morgan fingerprint density at radius 3 is 2.53 bits per heavy atom. The fourth-order valence-electron chi connectivity index (χ4n) is 4.99. The van der Waals surface area contributed by atoms with E-state index in [0.29, 0.717) is 6.54 Å². The molecule has 1 aliphatic rings. The Kier molecular flexibility index (Phi) is 7.33. The molecule has 186 valence electrons. The zero-order valence-electron chi connectivity index (χ0n) is 21.1. The van der Waals surface area contributed by atoms with Crippen molar-refractivity contribution in [3.63, 3.8) is 0 Å². The summed E-state index contributed by atoms with van der Waals surface area (Å²) in [6.07, 6.45) is 1.94. The molecule has 4 aromatic rings. The number of nitrogens with zero attached hydrogens (tertiary/aromatic N) is 3. The van der Waals surface area contributed by atoms with Gasteiger partial charge in [-0.25, -0.2) is 4.98 Å². The largest absolute Gasteiger partial charge is 0.497 e. The van der Waals surface area contributed by atoms with Gasteiger partial charge in [0.2, 0.25) is 5.91 Å². The Labute approximate surface area is 212 Å². The number of fused-ring (bicyclic) bond motifs is 1. The summed E-state index contributed by atoms with van der Waals surface area (Å²) in [6, 6.07) is 24.8. The molecule has 0 bridgehead atoms. The lowest BCUT2D eigenvalue weighted by Gasteiger charge is -2.31. The Bertz CT molecular complexity index is 1310. The fourth-order valence-corrected chi connectivity index (χ4v) is 4.99. The van der Waals surface area contributed by atoms with E-state index in [1.807, 2.05) is 18.2 Å². The van der Waals surface area contributed by atoms with Gasteiger partial charge in [-0.05, 0) is 61.7 Å². The minimum Gasteiger partial charge on any atom is -0.497 e. The summed E-state index contributed by atoms with van der Waals surface area (Å²) in [6.45, 7) is 5.86. The number of piperidine rings is 1. The van der Waals surface area contributed by atoms with Crippen LogP contribution in [0.4, 0.5) is 0 Å². The average Bonchev–Trinajstić information content (AvgIpc) is 3.25. The van der Waals surface area contributed by atoms with E-state index in [-0.39, 0.29) is 11.8 Å². The number of nitrogens with one attached hydrogen (secondary N) is 1. The van der Waals surface area contributed by atoms with Crippen LogP contribution in [0.25, 0.3) is 11.0 Å². The number of aryl methyl sites for hydroxylation is 1. The molecule has 0 unspecified atom stereocenters. The lowest BCUT2D eigenvalue weighted by Crippen LogP contribution is -2.42. The summed E-state index contributed by atoms with van der Waals surface area (Å²) < 4.78 is 7.62. The Hall–Kier alpha value is -3.64. The van der Waals surface area contributed by atoms with Crippen molar-refractivity contribution in [2.75, 3.05) is 20.2 Å². The molecule has 1 fully saturated rings. The Morgan fingerprint density at radius 2 is 1.75 bits per heavy atom. The lowest BCUT2D eigenvalue weighted by atomic mass is 9.97. The van der Waals surface area contributed by atoms with E-state index in [1.165, 1.54) is 11.1 Å². The lowest BCUT2D eigenvalue weighted by molar-refractivity contribution is -0.127. The Morgan fingerprint density at radius 1 is 1.00 bits per heavy atom. The average molecular weight is 483 g/mol. The highest BCUT2D eigenvalue weighted by Crippen LogP contribution is 2.23. The molecular weight excluding hydrogens is 448 g/mol. The summed E-state index contributed by atoms with van der Waals surface area (Å²) in [5, 5.41) is 3.15. The molecule has 0 aliphatic carbocycles. The molecule has 1 N–H and O–H groups in total. The van der Waals surface area contributed by atoms with E-state index < -0.39 is 0 Å². The first-order valence-electron chi connectivity index (χ1n) is 12.7. The number of carbonyl (C=O) groups is 1. The summed E-state index contributed by atoms with van der Waals surface area (Å²) in [5.41, 5.74) is 5.70. The van der Waals surface area contributed by atoms with Crippen LogP contribution < -0.4 is 10.1 Å². The number of aromatic nitrogens is 2. The maximum Gasteiger partial charge on any atom is 0.224 e. The second-order valence-corrected chi connectivity index (χ2v) is 9.73. The predicted molar refractivity (Wildman–Crippen MR) is 143 cm³/mol. The van der Waals surface area contributed by atoms with Crippen molar-refractivity contribution in [3.05, 3.63) is 95.3 Å². The minimum absolute atomic E-state index is 0.00335. The van der Waals surface area contributed by atoms with Crippen LogP contribution in [0.5, 0.6) is 5.75 Å². The van der Waals surface area contributed by atoms with Crippen LogP contribution in [0, 0.1) is 12.8 Å². The number of likely N-dealkylation sites (tertiary alicyclic amines) is 1. The number of hydrogen-bond acceptors (Lipinski definition) is 4. The van der Waals surface area contributed by atoms with Gasteiger partial charge >= 0.3 is 0 Å². The quantitative estimate of drug-likeness (QED) is 0.387. The number of benzene rings is 3. The molecule has 1 amide bonds. The fraction of sp³-hybridized carbons (Fsp3) is 0.333. The van der Waals surface area contributed by atoms with Gasteiger partial charge in [0.05, 0.1) is 30.6 Å². The zero-order valence-corrected chi connectivity index (χ0v) is 21.1. The predicted octanol–water partition coefficient (Wildman–Crippen LogP) is 4.93. The van der Waals surface area contributed by atoms with Gasteiger partial charge in [0.1, 0.15) is 11.6 Å². The molecule has 0 radical (unpaired) electrons. The van der Waals surface area contributed by atoms with E-state index in [9.17, 15) is 4.79 Å². The number of hydrogen-bond donors (Lipinski definition) is 1. The third-order valence-corrected chi connectivity index (χ3v) is 7.06. The van der Waals surface area contributed by atoms with E-state index >= 15 is 0 Å². The topological polar surface area (TPSA) is 59.4 Å². The zero-order chi connectivity index (χ0) is 24.9. The summed E-state index contributed by atoms with van der Waals surface area (Å²) in [7, 11) is 1.69. The van der Waals surface area contributed by atoms with E-state index in [1.54, 1.807) is 7.11 Å². The van der Waals surface area contributed by atoms with Crippen molar-refractivity contribution in [1.29, 1.82) is 0 Å². The highest BCUT2D eigenvalue weighted by Gasteiger charge is 2.27. The summed E-state index contributed by atoms with van der Waals surface area (Å²) in [5.74, 6) is 2.04. The van der Waals surface area contributed by atoms with Crippen LogP contribution >= 0.6 is 0 Å². The molecule has 5 rings (SSSR count). The van der Waals surface area contributed by atoms with Gasteiger partial charge in [-0.2, -0.15) is 0 Å². The molecule has 1 aliphatic heterocycles. The van der Waals surface area contributed by atoms with E-state index in [0.717, 1.165) is 67.2 Å². The third kappa shape index (κ3) is 5.60. The first kappa shape index (κ1) is 24.1. The van der Waals surface area contributed by atoms with Crippen LogP contribution in [-0.4, -0.2) is 40.6 Å². The number of para-hydroxylation sites is 2. The van der Waals surface area contributed by atoms with Gasteiger partial charge in [-0.1, -0.05) is 54.1 Å². The van der Waals surface area contributed by atoms with Gasteiger partial charge in [-0.15, -0.1) is 0 Å². The van der Waals surface area contributed by atoms with Crippen molar-refractivity contribution >= 4 is 16.9 Å². The van der Waals surface area contributed by atoms with Gasteiger partial charge in [-0.3, -0.25) is 9.69 Å². The number of imidazole rings is 1. The van der Waals surface area contributed by atoms with Crippen LogP contribution in [0.2, 0.25) is 0 Å². The smallest absolute Gasteiger partial charge is 0.224 e. The number of amides is 1. The first-order valence-corrected chi connectivity index (χ1v) is 12.7. The molecule has 1 saturated heterocycles. The summed E-state index contributed by atoms with van der Waals surface area (Å²) in [4.78, 5) is 20.3. The molecule has 2 heterocycles. The van der Waals surface area contributed by atoms with Gasteiger partial charge in [0, 0.05) is 19.6 Å². The monoisotopic (exact) mass is 482 g/mol. The van der Waals surface area contributed by atoms with Crippen molar-refractivity contribution < 1.29 is 9.53 Å². The molecule has 6 nitrogen and oxygen atoms in total. The van der Waals surface area contributed by atoms with E-state index in [2.05, 4.69) is 76.3 Å². The molecule has 6 heteroatoms. The number of methoxy groups -OCH3 is 1. The second-order valence-electron chi connectivity index (χ2n) is 9.73. The van der Waals surface area contributed by atoms with Gasteiger partial charge < -0.3 is 14.6 Å². The SMILES string of the molecule is COc1ccc(Cn2c(CN3CCC[C@H](C(=O)NCc4ccc(C)cc4)C3)nc3ccccc32)cc1. The molecule has 3 aromatic carbocycles. The van der Waals surface area contributed by atoms with Crippen LogP contribution in [0.15, 0.2) is 72.8 Å². The second kappa shape index (κ2) is 11.0. The molecule has 0 saturated carbocycles. The maximum absolute atomic E-state index is 13.0.